The Hall–Kier alpha value is -1.90. The third-order valence-corrected chi connectivity index (χ3v) is 3.28. The van der Waals surface area contributed by atoms with Gasteiger partial charge in [0.05, 0.1) is 0 Å². The molecule has 0 aliphatic rings. The summed E-state index contributed by atoms with van der Waals surface area (Å²) < 4.78 is 32.0. The van der Waals surface area contributed by atoms with Gasteiger partial charge in [-0.1, -0.05) is 26.0 Å². The second-order valence-corrected chi connectivity index (χ2v) is 5.20. The highest BCUT2D eigenvalue weighted by Gasteiger charge is 2.08. The first-order valence-corrected chi connectivity index (χ1v) is 6.64. The first-order valence-electron chi connectivity index (χ1n) is 6.64. The SMILES string of the molecule is Cc1ccc(C(C)C)cc1OCc1ccc(F)cc1F. The van der Waals surface area contributed by atoms with Crippen LogP contribution in [0.25, 0.3) is 0 Å². The smallest absolute Gasteiger partial charge is 0.132 e. The molecular weight excluding hydrogens is 258 g/mol. The maximum Gasteiger partial charge on any atom is 0.132 e. The largest absolute Gasteiger partial charge is 0.489 e. The predicted octanol–water partition coefficient (Wildman–Crippen LogP) is 4.98. The van der Waals surface area contributed by atoms with Crippen LogP contribution in [-0.4, -0.2) is 0 Å². The van der Waals surface area contributed by atoms with E-state index >= 15 is 0 Å². The zero-order valence-electron chi connectivity index (χ0n) is 11.9. The van der Waals surface area contributed by atoms with E-state index in [2.05, 4.69) is 19.9 Å². The van der Waals surface area contributed by atoms with Gasteiger partial charge in [-0.3, -0.25) is 0 Å². The van der Waals surface area contributed by atoms with Crippen molar-refractivity contribution in [2.45, 2.75) is 33.3 Å². The predicted molar refractivity (Wildman–Crippen MR) is 76.0 cm³/mol. The van der Waals surface area contributed by atoms with E-state index in [-0.39, 0.29) is 6.61 Å². The highest BCUT2D eigenvalue weighted by molar-refractivity contribution is 5.38. The van der Waals surface area contributed by atoms with Crippen molar-refractivity contribution in [2.75, 3.05) is 0 Å². The van der Waals surface area contributed by atoms with Crippen molar-refractivity contribution in [1.29, 1.82) is 0 Å². The quantitative estimate of drug-likeness (QED) is 0.765. The summed E-state index contributed by atoms with van der Waals surface area (Å²) in [4.78, 5) is 0. The molecular formula is C17H18F2O. The van der Waals surface area contributed by atoms with Crippen molar-refractivity contribution in [3.63, 3.8) is 0 Å². The maximum atomic E-state index is 13.5. The molecule has 1 nitrogen and oxygen atoms in total. The average Bonchev–Trinajstić information content (AvgIpc) is 2.39. The van der Waals surface area contributed by atoms with Crippen LogP contribution in [0.4, 0.5) is 8.78 Å². The van der Waals surface area contributed by atoms with Crippen LogP contribution in [0.2, 0.25) is 0 Å². The van der Waals surface area contributed by atoms with E-state index in [9.17, 15) is 8.78 Å². The lowest BCUT2D eigenvalue weighted by Crippen LogP contribution is -2.01. The van der Waals surface area contributed by atoms with E-state index in [1.54, 1.807) is 0 Å². The first-order chi connectivity index (χ1) is 9.47. The van der Waals surface area contributed by atoms with Gasteiger partial charge in [-0.05, 0) is 42.2 Å². The van der Waals surface area contributed by atoms with Gasteiger partial charge in [0.2, 0.25) is 0 Å². The standard InChI is InChI=1S/C17H18F2O/c1-11(2)13-5-4-12(3)17(8-13)20-10-14-6-7-15(18)9-16(14)19/h4-9,11H,10H2,1-3H3. The normalized spacial score (nSPS) is 10.9. The topological polar surface area (TPSA) is 9.23 Å². The molecule has 2 aromatic rings. The van der Waals surface area contributed by atoms with Crippen LogP contribution in [0.1, 0.15) is 36.5 Å². The first kappa shape index (κ1) is 14.5. The highest BCUT2D eigenvalue weighted by atomic mass is 19.1. The molecule has 0 bridgehead atoms. The Kier molecular flexibility index (Phi) is 4.38. The highest BCUT2D eigenvalue weighted by Crippen LogP contribution is 2.25. The molecule has 0 N–H and O–H groups in total. The molecule has 0 aromatic heterocycles. The summed E-state index contributed by atoms with van der Waals surface area (Å²) in [6, 6.07) is 9.54. The van der Waals surface area contributed by atoms with E-state index in [4.69, 9.17) is 4.74 Å². The lowest BCUT2D eigenvalue weighted by Gasteiger charge is -2.13. The Bertz CT molecular complexity index is 606. The molecule has 0 saturated heterocycles. The third-order valence-electron chi connectivity index (χ3n) is 3.28. The van der Waals surface area contributed by atoms with Crippen molar-refractivity contribution in [3.8, 4) is 5.75 Å². The molecule has 2 rings (SSSR count). The number of hydrogen-bond donors (Lipinski definition) is 0. The molecule has 0 atom stereocenters. The molecule has 20 heavy (non-hydrogen) atoms. The lowest BCUT2D eigenvalue weighted by molar-refractivity contribution is 0.297. The van der Waals surface area contributed by atoms with Gasteiger partial charge in [0.15, 0.2) is 0 Å². The Morgan fingerprint density at radius 1 is 1.05 bits per heavy atom. The van der Waals surface area contributed by atoms with E-state index in [1.165, 1.54) is 17.7 Å². The molecule has 0 spiro atoms. The van der Waals surface area contributed by atoms with Gasteiger partial charge in [0, 0.05) is 11.6 Å². The van der Waals surface area contributed by atoms with Gasteiger partial charge in [0.25, 0.3) is 0 Å². The minimum Gasteiger partial charge on any atom is -0.489 e. The van der Waals surface area contributed by atoms with Crippen LogP contribution in [-0.2, 0) is 6.61 Å². The number of halogens is 2. The van der Waals surface area contributed by atoms with E-state index in [1.807, 2.05) is 19.1 Å². The molecule has 0 aliphatic heterocycles. The number of ether oxygens (including phenoxy) is 1. The van der Waals surface area contributed by atoms with E-state index in [0.29, 0.717) is 11.5 Å². The van der Waals surface area contributed by atoms with Crippen LogP contribution in [0.5, 0.6) is 5.75 Å². The summed E-state index contributed by atoms with van der Waals surface area (Å²) in [6.07, 6.45) is 0. The summed E-state index contributed by atoms with van der Waals surface area (Å²) in [5.74, 6) is -0.0210. The van der Waals surface area contributed by atoms with Gasteiger partial charge in [-0.2, -0.15) is 0 Å². The number of aryl methyl sites for hydroxylation is 1. The number of hydrogen-bond acceptors (Lipinski definition) is 1. The molecule has 0 fully saturated rings. The van der Waals surface area contributed by atoms with Crippen LogP contribution >= 0.6 is 0 Å². The summed E-state index contributed by atoms with van der Waals surface area (Å²) in [5, 5.41) is 0. The Morgan fingerprint density at radius 3 is 2.45 bits per heavy atom. The molecule has 0 radical (unpaired) electrons. The van der Waals surface area contributed by atoms with Crippen LogP contribution < -0.4 is 4.74 Å². The van der Waals surface area contributed by atoms with Crippen molar-refractivity contribution < 1.29 is 13.5 Å². The zero-order chi connectivity index (χ0) is 14.7. The zero-order valence-corrected chi connectivity index (χ0v) is 11.9. The molecule has 106 valence electrons. The molecule has 2 aromatic carbocycles. The molecule has 0 heterocycles. The summed E-state index contributed by atoms with van der Waals surface area (Å²) in [6.45, 7) is 6.25. The van der Waals surface area contributed by atoms with Crippen molar-refractivity contribution in [2.24, 2.45) is 0 Å². The van der Waals surface area contributed by atoms with E-state index < -0.39 is 11.6 Å². The van der Waals surface area contributed by atoms with Crippen molar-refractivity contribution in [1.82, 2.24) is 0 Å². The van der Waals surface area contributed by atoms with Crippen LogP contribution in [0, 0.1) is 18.6 Å². The summed E-state index contributed by atoms with van der Waals surface area (Å²) in [5.41, 5.74) is 2.52. The Morgan fingerprint density at radius 2 is 1.80 bits per heavy atom. The monoisotopic (exact) mass is 276 g/mol. The van der Waals surface area contributed by atoms with Gasteiger partial charge < -0.3 is 4.74 Å². The molecule has 3 heteroatoms. The number of rotatable bonds is 4. The van der Waals surface area contributed by atoms with Gasteiger partial charge >= 0.3 is 0 Å². The second-order valence-electron chi connectivity index (χ2n) is 5.20. The Balaban J connectivity index is 2.16. The van der Waals surface area contributed by atoms with E-state index in [0.717, 1.165) is 17.4 Å². The molecule has 0 amide bonds. The minimum absolute atomic E-state index is 0.0918. The molecule has 0 unspecified atom stereocenters. The van der Waals surface area contributed by atoms with Crippen LogP contribution in [0.15, 0.2) is 36.4 Å². The molecule has 0 aliphatic carbocycles. The number of benzene rings is 2. The fourth-order valence-electron chi connectivity index (χ4n) is 1.93. The summed E-state index contributed by atoms with van der Waals surface area (Å²) in [7, 11) is 0. The van der Waals surface area contributed by atoms with Crippen LogP contribution in [0.3, 0.4) is 0 Å². The fourth-order valence-corrected chi connectivity index (χ4v) is 1.93. The van der Waals surface area contributed by atoms with Gasteiger partial charge in [0.1, 0.15) is 24.0 Å². The average molecular weight is 276 g/mol. The third kappa shape index (κ3) is 3.35. The summed E-state index contributed by atoms with van der Waals surface area (Å²) >= 11 is 0. The van der Waals surface area contributed by atoms with Crippen molar-refractivity contribution in [3.05, 3.63) is 64.7 Å². The van der Waals surface area contributed by atoms with Gasteiger partial charge in [-0.15, -0.1) is 0 Å². The fraction of sp³-hybridized carbons (Fsp3) is 0.294. The molecule has 0 saturated carbocycles. The van der Waals surface area contributed by atoms with Crippen molar-refractivity contribution >= 4 is 0 Å². The van der Waals surface area contributed by atoms with Gasteiger partial charge in [-0.25, -0.2) is 8.78 Å². The Labute approximate surface area is 118 Å². The minimum atomic E-state index is -0.581. The lowest BCUT2D eigenvalue weighted by atomic mass is 10.0. The second kappa shape index (κ2) is 6.04. The maximum absolute atomic E-state index is 13.5.